The maximum atomic E-state index is 13.8. The molecule has 292 valence electrons. The van der Waals surface area contributed by atoms with Crippen molar-refractivity contribution >= 4 is 43.5 Å². The molecule has 0 aromatic carbocycles. The Hall–Kier alpha value is -4.72. The van der Waals surface area contributed by atoms with Gasteiger partial charge in [0.05, 0.1) is 25.9 Å². The van der Waals surface area contributed by atoms with E-state index in [1.54, 1.807) is 0 Å². The number of esters is 2. The molecule has 3 rings (SSSR count). The summed E-state index contributed by atoms with van der Waals surface area (Å²) in [5.41, 5.74) is -0.828. The first kappa shape index (κ1) is 42.7. The molecule has 4 N–H and O–H groups in total. The molecule has 2 fully saturated rings. The lowest BCUT2D eigenvalue weighted by Gasteiger charge is -2.25. The van der Waals surface area contributed by atoms with E-state index in [9.17, 15) is 33.3 Å². The molecule has 2 unspecified atom stereocenters. The summed E-state index contributed by atoms with van der Waals surface area (Å²) in [7, 11) is -4.59. The topological polar surface area (TPSA) is 250 Å². The number of ether oxygens (including phenoxy) is 4. The second-order valence-corrected chi connectivity index (χ2v) is 13.2. The standard InChI is InChI=1S/C32H45N6O14P/c1-6-14-46-30(42)20(4)34-29(41)23(35-28(40)22-10-9-12-33-22)18-49-53(45,48-16-8-3)50-19-25-24(51-21(5)39)17-27(52-25)38-13-11-26(36-31(38)43)37-32(44)47-15-7-2/h6-8,11,13,20,22-25,27,33H,1-3,9-10,12,14-19H2,4-5H3,(H,34,41)(H,35,40)(H,36,37,43,44)/t20-,22-,23?,24-,25+,27+,53?/m0/s1. The maximum absolute atomic E-state index is 13.8. The Kier molecular flexibility index (Phi) is 17.0. The van der Waals surface area contributed by atoms with Gasteiger partial charge in [-0.1, -0.05) is 31.4 Å². The van der Waals surface area contributed by atoms with Crippen LogP contribution in [0.1, 0.15) is 39.3 Å². The minimum atomic E-state index is -4.59. The lowest BCUT2D eigenvalue weighted by molar-refractivity contribution is -0.150. The molecule has 21 heteroatoms. The number of phosphoric ester groups is 1. The van der Waals surface area contributed by atoms with E-state index in [0.717, 1.165) is 17.9 Å². The van der Waals surface area contributed by atoms with Crippen LogP contribution in [-0.4, -0.2) is 109 Å². The van der Waals surface area contributed by atoms with E-state index >= 15 is 0 Å². The van der Waals surface area contributed by atoms with E-state index in [1.165, 1.54) is 37.4 Å². The molecule has 0 radical (unpaired) electrons. The third-order valence-corrected chi connectivity index (χ3v) is 8.81. The predicted octanol–water partition coefficient (Wildman–Crippen LogP) is 1.01. The maximum Gasteiger partial charge on any atom is 0.475 e. The number of aromatic nitrogens is 2. The van der Waals surface area contributed by atoms with Crippen molar-refractivity contribution < 1.29 is 61.1 Å². The van der Waals surface area contributed by atoms with Crippen LogP contribution in [0, 0.1) is 0 Å². The van der Waals surface area contributed by atoms with Gasteiger partial charge in [0.25, 0.3) is 0 Å². The van der Waals surface area contributed by atoms with E-state index in [4.69, 9.17) is 32.5 Å². The summed E-state index contributed by atoms with van der Waals surface area (Å²) in [5, 5.41) is 10.3. The van der Waals surface area contributed by atoms with Crippen LogP contribution in [0.2, 0.25) is 0 Å². The summed E-state index contributed by atoms with van der Waals surface area (Å²) in [4.78, 5) is 78.9. The number of nitrogens with zero attached hydrogens (tertiary/aromatic N) is 2. The van der Waals surface area contributed by atoms with Crippen molar-refractivity contribution in [2.45, 2.75) is 69.7 Å². The summed E-state index contributed by atoms with van der Waals surface area (Å²) in [6, 6.07) is -1.90. The normalized spacial score (nSPS) is 21.5. The number of carbonyl (C=O) groups is 5. The van der Waals surface area contributed by atoms with Gasteiger partial charge in [0.15, 0.2) is 0 Å². The zero-order valence-electron chi connectivity index (χ0n) is 29.4. The van der Waals surface area contributed by atoms with E-state index in [1.807, 2.05) is 0 Å². The van der Waals surface area contributed by atoms with Gasteiger partial charge in [-0.2, -0.15) is 4.98 Å². The van der Waals surface area contributed by atoms with Crippen LogP contribution in [0.5, 0.6) is 0 Å². The van der Waals surface area contributed by atoms with E-state index in [-0.39, 0.29) is 32.1 Å². The quantitative estimate of drug-likeness (QED) is 0.0590. The molecule has 3 heterocycles. The van der Waals surface area contributed by atoms with Gasteiger partial charge in [0.2, 0.25) is 11.8 Å². The lowest BCUT2D eigenvalue weighted by atomic mass is 10.2. The second kappa shape index (κ2) is 21.1. The first-order valence-electron chi connectivity index (χ1n) is 16.5. The van der Waals surface area contributed by atoms with Crippen molar-refractivity contribution in [1.29, 1.82) is 0 Å². The number of rotatable bonds is 21. The van der Waals surface area contributed by atoms with Crippen molar-refractivity contribution in [2.24, 2.45) is 0 Å². The number of anilines is 1. The summed E-state index contributed by atoms with van der Waals surface area (Å²) in [6.07, 6.45) is 2.41. The van der Waals surface area contributed by atoms with Crippen LogP contribution in [-0.2, 0) is 56.3 Å². The third-order valence-electron chi connectivity index (χ3n) is 7.41. The highest BCUT2D eigenvalue weighted by Crippen LogP contribution is 2.50. The number of nitrogens with one attached hydrogen (secondary N) is 4. The van der Waals surface area contributed by atoms with Gasteiger partial charge in [-0.25, -0.2) is 18.9 Å². The zero-order chi connectivity index (χ0) is 39.0. The van der Waals surface area contributed by atoms with Gasteiger partial charge in [0.1, 0.15) is 49.6 Å². The number of phosphoric acid groups is 1. The average Bonchev–Trinajstić information content (AvgIpc) is 3.80. The third kappa shape index (κ3) is 13.6. The molecule has 3 amide bonds. The zero-order valence-corrected chi connectivity index (χ0v) is 30.3. The molecule has 1 aromatic rings. The Morgan fingerprint density at radius 3 is 2.43 bits per heavy atom. The Morgan fingerprint density at radius 2 is 1.79 bits per heavy atom. The van der Waals surface area contributed by atoms with E-state index in [2.05, 4.69) is 46.0 Å². The number of carbonyl (C=O) groups excluding carboxylic acids is 5. The van der Waals surface area contributed by atoms with Gasteiger partial charge in [-0.15, -0.1) is 6.58 Å². The summed E-state index contributed by atoms with van der Waals surface area (Å²) in [5.74, 6) is -2.94. The lowest BCUT2D eigenvalue weighted by Crippen LogP contribution is -2.55. The number of hydrogen-bond donors (Lipinski definition) is 4. The minimum absolute atomic E-state index is 0.0566. The Morgan fingerprint density at radius 1 is 1.08 bits per heavy atom. The predicted molar refractivity (Wildman–Crippen MR) is 185 cm³/mol. The molecular formula is C32H45N6O14P. The van der Waals surface area contributed by atoms with Crippen LogP contribution in [0.25, 0.3) is 0 Å². The number of hydrogen-bond acceptors (Lipinski definition) is 16. The molecule has 1 aromatic heterocycles. The fourth-order valence-corrected chi connectivity index (χ4v) is 6.10. The van der Waals surface area contributed by atoms with Crippen LogP contribution < -0.4 is 27.0 Å². The van der Waals surface area contributed by atoms with Crippen LogP contribution in [0.3, 0.4) is 0 Å². The molecule has 0 saturated carbocycles. The van der Waals surface area contributed by atoms with Crippen molar-refractivity contribution in [3.8, 4) is 0 Å². The molecule has 2 saturated heterocycles. The van der Waals surface area contributed by atoms with Gasteiger partial charge >= 0.3 is 31.5 Å². The van der Waals surface area contributed by atoms with Crippen molar-refractivity contribution in [3.05, 3.63) is 60.7 Å². The van der Waals surface area contributed by atoms with Gasteiger partial charge in [-0.3, -0.25) is 37.8 Å². The SMILES string of the molecule is C=CCOC(=O)Nc1ccn([C@H]2C[C@H](OC(C)=O)[C@@H](COP(=O)(OCC=C)OCC(NC(=O)[C@@H]3CCCN3)C(=O)N[C@@H](C)C(=O)OCC=C)O2)c(=O)n1. The molecule has 20 nitrogen and oxygen atoms in total. The molecule has 53 heavy (non-hydrogen) atoms. The Balaban J connectivity index is 1.75. The largest absolute Gasteiger partial charge is 0.475 e. The highest BCUT2D eigenvalue weighted by molar-refractivity contribution is 7.48. The Bertz CT molecular complexity index is 1600. The minimum Gasteiger partial charge on any atom is -0.460 e. The van der Waals surface area contributed by atoms with Gasteiger partial charge < -0.3 is 34.9 Å². The molecule has 2 aliphatic heterocycles. The highest BCUT2D eigenvalue weighted by atomic mass is 31.2. The molecule has 0 aliphatic carbocycles. The fraction of sp³-hybridized carbons (Fsp3) is 0.531. The number of amides is 3. The van der Waals surface area contributed by atoms with Crippen LogP contribution >= 0.6 is 7.82 Å². The average molecular weight is 769 g/mol. The van der Waals surface area contributed by atoms with Crippen molar-refractivity contribution in [2.75, 3.05) is 44.9 Å². The fourth-order valence-electron chi connectivity index (χ4n) is 4.92. The van der Waals surface area contributed by atoms with Crippen molar-refractivity contribution in [1.82, 2.24) is 25.5 Å². The Labute approximate surface area is 305 Å². The summed E-state index contributed by atoms with van der Waals surface area (Å²) in [6.45, 7) is 11.8. The van der Waals surface area contributed by atoms with E-state index < -0.39 is 93.1 Å². The molecular weight excluding hydrogens is 723 g/mol. The molecule has 7 atom stereocenters. The van der Waals surface area contributed by atoms with Crippen molar-refractivity contribution in [3.63, 3.8) is 0 Å². The van der Waals surface area contributed by atoms with Gasteiger partial charge in [-0.05, 0) is 32.4 Å². The monoisotopic (exact) mass is 768 g/mol. The molecule has 0 spiro atoms. The van der Waals surface area contributed by atoms with E-state index in [0.29, 0.717) is 13.0 Å². The van der Waals surface area contributed by atoms with Crippen LogP contribution in [0.4, 0.5) is 10.6 Å². The summed E-state index contributed by atoms with van der Waals surface area (Å²) < 4.78 is 52.4. The van der Waals surface area contributed by atoms with Crippen LogP contribution in [0.15, 0.2) is 55.0 Å². The van der Waals surface area contributed by atoms with Gasteiger partial charge in [0, 0.05) is 19.5 Å². The second-order valence-electron chi connectivity index (χ2n) is 11.5. The molecule has 0 bridgehead atoms. The first-order valence-corrected chi connectivity index (χ1v) is 18.0. The highest BCUT2D eigenvalue weighted by Gasteiger charge is 2.42. The summed E-state index contributed by atoms with van der Waals surface area (Å²) >= 11 is 0. The molecule has 2 aliphatic rings. The smallest absolute Gasteiger partial charge is 0.460 e. The first-order chi connectivity index (χ1) is 25.3.